The molecule has 1 atom stereocenters. The summed E-state index contributed by atoms with van der Waals surface area (Å²) in [5.41, 5.74) is 2.35. The van der Waals surface area contributed by atoms with E-state index in [0.717, 1.165) is 36.2 Å². The van der Waals surface area contributed by atoms with Crippen molar-refractivity contribution < 1.29 is 9.47 Å². The maximum Gasteiger partial charge on any atom is 0.213 e. The predicted octanol–water partition coefficient (Wildman–Crippen LogP) is 3.16. The molecule has 0 spiro atoms. The van der Waals surface area contributed by atoms with Gasteiger partial charge in [0.25, 0.3) is 0 Å². The molecule has 0 radical (unpaired) electrons. The Bertz CT molecular complexity index is 768. The van der Waals surface area contributed by atoms with Crippen molar-refractivity contribution in [3.05, 3.63) is 53.7 Å². The number of benzene rings is 1. The number of para-hydroxylation sites is 1. The molecule has 2 heterocycles. The minimum atomic E-state index is 0. The molecule has 1 aliphatic heterocycles. The topological polar surface area (TPSA) is 67.8 Å². The van der Waals surface area contributed by atoms with Crippen molar-refractivity contribution in [2.75, 3.05) is 20.2 Å². The molecule has 7 heteroatoms. The average Bonchev–Trinajstić information content (AvgIpc) is 3.44. The zero-order valence-corrected chi connectivity index (χ0v) is 18.4. The number of guanidine groups is 1. The van der Waals surface area contributed by atoms with Crippen molar-refractivity contribution in [1.29, 1.82) is 0 Å². The van der Waals surface area contributed by atoms with Crippen LogP contribution in [0.5, 0.6) is 11.6 Å². The van der Waals surface area contributed by atoms with Crippen LogP contribution in [0, 0.1) is 5.92 Å². The Morgan fingerprint density at radius 1 is 1.21 bits per heavy atom. The standard InChI is InChI=1S/C21H26N4O2.HI/c1-22-21(25-13-18-10-17-4-2-3-5-19(17)27-18)24-12-16-8-9-20(23-11-16)26-14-15-6-7-15;/h2-5,8-9,11,15,18H,6-7,10,12-14H2,1H3,(H2,22,24,25);1H. The predicted molar refractivity (Wildman–Crippen MR) is 121 cm³/mol. The SMILES string of the molecule is CN=C(NCc1ccc(OCC2CC2)nc1)NCC1Cc2ccccc2O1.I. The zero-order chi connectivity index (χ0) is 18.5. The van der Waals surface area contributed by atoms with Gasteiger partial charge in [0.1, 0.15) is 11.9 Å². The minimum Gasteiger partial charge on any atom is -0.488 e. The Hall–Kier alpha value is -2.03. The molecule has 1 fully saturated rings. The third kappa shape index (κ3) is 5.73. The van der Waals surface area contributed by atoms with Gasteiger partial charge < -0.3 is 20.1 Å². The lowest BCUT2D eigenvalue weighted by Crippen LogP contribution is -2.41. The van der Waals surface area contributed by atoms with Gasteiger partial charge in [0.2, 0.25) is 5.88 Å². The summed E-state index contributed by atoms with van der Waals surface area (Å²) in [7, 11) is 1.77. The highest BCUT2D eigenvalue weighted by molar-refractivity contribution is 14.0. The van der Waals surface area contributed by atoms with Crippen LogP contribution in [0.2, 0.25) is 0 Å². The van der Waals surface area contributed by atoms with Crippen LogP contribution >= 0.6 is 24.0 Å². The number of fused-ring (bicyclic) bond motifs is 1. The molecule has 2 aliphatic rings. The highest BCUT2D eigenvalue weighted by Gasteiger charge is 2.23. The summed E-state index contributed by atoms with van der Waals surface area (Å²) in [6.45, 7) is 2.15. The molecule has 150 valence electrons. The number of aliphatic imine (C=N–C) groups is 1. The van der Waals surface area contributed by atoms with Crippen LogP contribution in [-0.4, -0.2) is 37.2 Å². The molecule has 1 aromatic heterocycles. The van der Waals surface area contributed by atoms with E-state index < -0.39 is 0 Å². The smallest absolute Gasteiger partial charge is 0.213 e. The van der Waals surface area contributed by atoms with Crippen molar-refractivity contribution >= 4 is 29.9 Å². The number of hydrogen-bond acceptors (Lipinski definition) is 4. The fraction of sp³-hybridized carbons (Fsp3) is 0.429. The molecule has 1 aromatic carbocycles. The average molecular weight is 494 g/mol. The summed E-state index contributed by atoms with van der Waals surface area (Å²) in [5, 5.41) is 6.65. The normalized spacial score (nSPS) is 17.9. The van der Waals surface area contributed by atoms with Crippen molar-refractivity contribution in [1.82, 2.24) is 15.6 Å². The van der Waals surface area contributed by atoms with Crippen molar-refractivity contribution in [3.63, 3.8) is 0 Å². The molecule has 2 N–H and O–H groups in total. The van der Waals surface area contributed by atoms with Gasteiger partial charge in [-0.1, -0.05) is 24.3 Å². The number of halogens is 1. The maximum atomic E-state index is 5.95. The summed E-state index contributed by atoms with van der Waals surface area (Å²) < 4.78 is 11.6. The fourth-order valence-corrected chi connectivity index (χ4v) is 3.07. The van der Waals surface area contributed by atoms with Crippen LogP contribution in [0.15, 0.2) is 47.6 Å². The van der Waals surface area contributed by atoms with Crippen LogP contribution in [0.4, 0.5) is 0 Å². The second kappa shape index (κ2) is 9.95. The lowest BCUT2D eigenvalue weighted by atomic mass is 10.1. The van der Waals surface area contributed by atoms with Crippen molar-refractivity contribution in [2.24, 2.45) is 10.9 Å². The van der Waals surface area contributed by atoms with E-state index in [1.165, 1.54) is 18.4 Å². The monoisotopic (exact) mass is 494 g/mol. The summed E-state index contributed by atoms with van der Waals surface area (Å²) in [6.07, 6.45) is 5.47. The molecular weight excluding hydrogens is 467 g/mol. The van der Waals surface area contributed by atoms with Gasteiger partial charge in [-0.15, -0.1) is 24.0 Å². The first kappa shape index (κ1) is 20.7. The highest BCUT2D eigenvalue weighted by atomic mass is 127. The molecular formula is C21H27IN4O2. The van der Waals surface area contributed by atoms with Crippen LogP contribution < -0.4 is 20.1 Å². The van der Waals surface area contributed by atoms with Crippen molar-refractivity contribution in [2.45, 2.75) is 31.9 Å². The maximum absolute atomic E-state index is 5.95. The van der Waals surface area contributed by atoms with Gasteiger partial charge in [0.15, 0.2) is 5.96 Å². The Labute approximate surface area is 183 Å². The number of hydrogen-bond donors (Lipinski definition) is 2. The van der Waals surface area contributed by atoms with E-state index in [4.69, 9.17) is 9.47 Å². The van der Waals surface area contributed by atoms with Gasteiger partial charge in [0.05, 0.1) is 13.2 Å². The first-order chi connectivity index (χ1) is 13.3. The third-order valence-corrected chi connectivity index (χ3v) is 4.86. The summed E-state index contributed by atoms with van der Waals surface area (Å²) in [4.78, 5) is 8.65. The van der Waals surface area contributed by atoms with E-state index in [0.29, 0.717) is 19.0 Å². The molecule has 28 heavy (non-hydrogen) atoms. The van der Waals surface area contributed by atoms with Gasteiger partial charge in [-0.05, 0) is 36.0 Å². The van der Waals surface area contributed by atoms with E-state index >= 15 is 0 Å². The van der Waals surface area contributed by atoms with Gasteiger partial charge >= 0.3 is 0 Å². The number of pyridine rings is 1. The minimum absolute atomic E-state index is 0. The van der Waals surface area contributed by atoms with E-state index in [1.807, 2.05) is 30.5 Å². The van der Waals surface area contributed by atoms with Crippen LogP contribution in [0.1, 0.15) is 24.0 Å². The van der Waals surface area contributed by atoms with Crippen LogP contribution in [0.25, 0.3) is 0 Å². The molecule has 0 saturated heterocycles. The van der Waals surface area contributed by atoms with E-state index in [-0.39, 0.29) is 30.1 Å². The van der Waals surface area contributed by atoms with Gasteiger partial charge in [0, 0.05) is 32.3 Å². The zero-order valence-electron chi connectivity index (χ0n) is 16.1. The third-order valence-electron chi connectivity index (χ3n) is 4.86. The second-order valence-corrected chi connectivity index (χ2v) is 7.12. The van der Waals surface area contributed by atoms with Gasteiger partial charge in [-0.25, -0.2) is 4.98 Å². The lowest BCUT2D eigenvalue weighted by molar-refractivity contribution is 0.235. The first-order valence-electron chi connectivity index (χ1n) is 9.57. The molecule has 0 bridgehead atoms. The van der Waals surface area contributed by atoms with E-state index in [9.17, 15) is 0 Å². The molecule has 2 aromatic rings. The Morgan fingerprint density at radius 3 is 2.79 bits per heavy atom. The molecule has 1 aliphatic carbocycles. The number of rotatable bonds is 7. The van der Waals surface area contributed by atoms with E-state index in [1.54, 1.807) is 7.05 Å². The quantitative estimate of drug-likeness (QED) is 0.352. The summed E-state index contributed by atoms with van der Waals surface area (Å²) >= 11 is 0. The number of nitrogens with zero attached hydrogens (tertiary/aromatic N) is 2. The Balaban J connectivity index is 0.00000225. The number of nitrogens with one attached hydrogen (secondary N) is 2. The molecule has 0 amide bonds. The fourth-order valence-electron chi connectivity index (χ4n) is 3.07. The summed E-state index contributed by atoms with van der Waals surface area (Å²) in [6, 6.07) is 12.2. The van der Waals surface area contributed by atoms with Crippen LogP contribution in [-0.2, 0) is 13.0 Å². The molecule has 1 unspecified atom stereocenters. The molecule has 1 saturated carbocycles. The van der Waals surface area contributed by atoms with Gasteiger partial charge in [-0.3, -0.25) is 4.99 Å². The molecule has 4 rings (SSSR count). The van der Waals surface area contributed by atoms with Crippen molar-refractivity contribution in [3.8, 4) is 11.6 Å². The highest BCUT2D eigenvalue weighted by Crippen LogP contribution is 2.29. The Kier molecular flexibility index (Phi) is 7.36. The van der Waals surface area contributed by atoms with Crippen LogP contribution in [0.3, 0.4) is 0 Å². The summed E-state index contributed by atoms with van der Waals surface area (Å²) in [5.74, 6) is 3.18. The first-order valence-corrected chi connectivity index (χ1v) is 9.57. The molecule has 6 nitrogen and oxygen atoms in total. The number of aromatic nitrogens is 1. The second-order valence-electron chi connectivity index (χ2n) is 7.12. The Morgan fingerprint density at radius 2 is 2.07 bits per heavy atom. The largest absolute Gasteiger partial charge is 0.488 e. The van der Waals surface area contributed by atoms with E-state index in [2.05, 4.69) is 32.7 Å². The lowest BCUT2D eigenvalue weighted by Gasteiger charge is -2.15. The number of ether oxygens (including phenoxy) is 2. The van der Waals surface area contributed by atoms with Gasteiger partial charge in [-0.2, -0.15) is 0 Å².